The van der Waals surface area contributed by atoms with Gasteiger partial charge < -0.3 is 25.0 Å². The van der Waals surface area contributed by atoms with E-state index in [1.807, 2.05) is 78.9 Å². The number of aliphatic carboxylic acids is 1. The lowest BCUT2D eigenvalue weighted by molar-refractivity contribution is -0.245. The van der Waals surface area contributed by atoms with Crippen LogP contribution in [0, 0.1) is 0 Å². The number of para-hydroxylation sites is 1. The average molecular weight is 604 g/mol. The van der Waals surface area contributed by atoms with E-state index in [2.05, 4.69) is 20.8 Å². The molecular weight excluding hydrogens is 570 g/mol. The van der Waals surface area contributed by atoms with Crippen molar-refractivity contribution >= 4 is 23.6 Å². The van der Waals surface area contributed by atoms with Gasteiger partial charge in [-0.1, -0.05) is 78.5 Å². The zero-order valence-corrected chi connectivity index (χ0v) is 24.2. The van der Waals surface area contributed by atoms with E-state index >= 15 is 0 Å². The molecule has 2 heterocycles. The lowest BCUT2D eigenvalue weighted by Gasteiger charge is -2.36. The van der Waals surface area contributed by atoms with Gasteiger partial charge in [0.05, 0.1) is 24.5 Å². The van der Waals surface area contributed by atoms with Crippen molar-refractivity contribution in [3.05, 3.63) is 101 Å². The van der Waals surface area contributed by atoms with Crippen LogP contribution in [0.25, 0.3) is 5.69 Å². The fraction of sp³-hybridized carbons (Fsp3) is 0.323. The lowest BCUT2D eigenvalue weighted by atomic mass is 10.0. The number of nitrogens with zero attached hydrogens (tertiary/aromatic N) is 4. The molecule has 0 spiro atoms. The first kappa shape index (κ1) is 30.4. The Morgan fingerprint density at radius 1 is 0.930 bits per heavy atom. The maximum absolute atomic E-state index is 12.0. The quantitative estimate of drug-likeness (QED) is 0.188. The maximum Gasteiger partial charge on any atom is 0.303 e. The second-order valence-electron chi connectivity index (χ2n) is 10.1. The maximum atomic E-state index is 12.0. The Morgan fingerprint density at radius 3 is 2.37 bits per heavy atom. The molecule has 224 valence electrons. The summed E-state index contributed by atoms with van der Waals surface area (Å²) in [6.45, 7) is 0.315. The SMILES string of the molecule is O=C(O)CCCC(=O)NCc1ccc(C2OC(CSc3nnnn3-c3ccccc3)CC(c3ccc(CO)cc3)O2)cc1. The molecule has 11 nitrogen and oxygen atoms in total. The number of thioether (sulfide) groups is 1. The Morgan fingerprint density at radius 2 is 1.65 bits per heavy atom. The number of aliphatic hydroxyl groups is 1. The minimum atomic E-state index is -0.909. The molecule has 0 saturated carbocycles. The van der Waals surface area contributed by atoms with Crippen molar-refractivity contribution in [3.63, 3.8) is 0 Å². The molecule has 1 aliphatic heterocycles. The summed E-state index contributed by atoms with van der Waals surface area (Å²) in [5.41, 5.74) is 4.45. The van der Waals surface area contributed by atoms with Crippen LogP contribution >= 0.6 is 11.8 Å². The van der Waals surface area contributed by atoms with Gasteiger partial charge in [0.2, 0.25) is 11.1 Å². The Hall–Kier alpha value is -4.10. The summed E-state index contributed by atoms with van der Waals surface area (Å²) in [5.74, 6) is -0.490. The highest BCUT2D eigenvalue weighted by Crippen LogP contribution is 2.39. The number of nitrogens with one attached hydrogen (secondary N) is 1. The van der Waals surface area contributed by atoms with Gasteiger partial charge in [-0.15, -0.1) is 5.10 Å². The number of aromatic nitrogens is 4. The van der Waals surface area contributed by atoms with Gasteiger partial charge in [0, 0.05) is 37.1 Å². The summed E-state index contributed by atoms with van der Waals surface area (Å²) < 4.78 is 14.6. The van der Waals surface area contributed by atoms with Crippen LogP contribution in [0.5, 0.6) is 0 Å². The molecule has 3 aromatic carbocycles. The summed E-state index contributed by atoms with van der Waals surface area (Å²) in [6, 6.07) is 25.1. The Balaban J connectivity index is 1.26. The molecule has 1 saturated heterocycles. The molecule has 12 heteroatoms. The summed E-state index contributed by atoms with van der Waals surface area (Å²) in [6.07, 6.45) is 0.0588. The van der Waals surface area contributed by atoms with Crippen LogP contribution in [-0.4, -0.2) is 54.2 Å². The monoisotopic (exact) mass is 603 g/mol. The predicted octanol–water partition coefficient (Wildman–Crippen LogP) is 4.36. The van der Waals surface area contributed by atoms with E-state index in [4.69, 9.17) is 14.6 Å². The third-order valence-corrected chi connectivity index (χ3v) is 8.04. The second kappa shape index (κ2) is 14.9. The first-order valence-electron chi connectivity index (χ1n) is 14.0. The smallest absolute Gasteiger partial charge is 0.303 e. The van der Waals surface area contributed by atoms with Gasteiger partial charge in [0.15, 0.2) is 6.29 Å². The minimum absolute atomic E-state index is 0.0257. The second-order valence-corrected chi connectivity index (χ2v) is 11.1. The van der Waals surface area contributed by atoms with Crippen LogP contribution in [-0.2, 0) is 32.2 Å². The minimum Gasteiger partial charge on any atom is -0.481 e. The highest BCUT2D eigenvalue weighted by atomic mass is 32.2. The zero-order chi connectivity index (χ0) is 30.0. The number of carboxylic acid groups (broad SMARTS) is 1. The van der Waals surface area contributed by atoms with Crippen molar-refractivity contribution < 1.29 is 29.3 Å². The molecular formula is C31H33N5O6S. The van der Waals surface area contributed by atoms with E-state index < -0.39 is 12.3 Å². The van der Waals surface area contributed by atoms with Gasteiger partial charge >= 0.3 is 5.97 Å². The van der Waals surface area contributed by atoms with Crippen molar-refractivity contribution in [1.29, 1.82) is 0 Å². The van der Waals surface area contributed by atoms with Gasteiger partial charge in [-0.2, -0.15) is 4.68 Å². The Labute approximate surface area is 253 Å². The van der Waals surface area contributed by atoms with Crippen molar-refractivity contribution in [2.75, 3.05) is 5.75 Å². The van der Waals surface area contributed by atoms with E-state index in [1.165, 1.54) is 11.8 Å². The first-order chi connectivity index (χ1) is 21.0. The van der Waals surface area contributed by atoms with E-state index in [-0.39, 0.29) is 37.6 Å². The number of carbonyl (C=O) groups is 2. The molecule has 43 heavy (non-hydrogen) atoms. The number of hydrogen-bond donors (Lipinski definition) is 3. The number of amides is 1. The number of rotatable bonds is 13. The topological polar surface area (TPSA) is 149 Å². The zero-order valence-electron chi connectivity index (χ0n) is 23.4. The number of ether oxygens (including phenoxy) is 2. The van der Waals surface area contributed by atoms with Gasteiger partial charge in [0.1, 0.15) is 0 Å². The molecule has 1 fully saturated rings. The van der Waals surface area contributed by atoms with E-state index in [0.29, 0.717) is 30.3 Å². The average Bonchev–Trinajstić information content (AvgIpc) is 3.52. The predicted molar refractivity (Wildman–Crippen MR) is 158 cm³/mol. The third kappa shape index (κ3) is 8.48. The largest absolute Gasteiger partial charge is 0.481 e. The van der Waals surface area contributed by atoms with E-state index in [1.54, 1.807) is 4.68 Å². The summed E-state index contributed by atoms with van der Waals surface area (Å²) in [5, 5.41) is 33.9. The fourth-order valence-electron chi connectivity index (χ4n) is 4.67. The molecule has 0 radical (unpaired) electrons. The van der Waals surface area contributed by atoms with Gasteiger partial charge in [-0.05, 0) is 45.7 Å². The van der Waals surface area contributed by atoms with E-state index in [9.17, 15) is 14.7 Å². The normalized spacial score (nSPS) is 18.3. The number of benzene rings is 3. The standard InChI is InChI=1S/C31H33N5O6S/c37-19-22-11-13-23(14-12-22)27-17-26(20-43-31-33-34-35-36(31)25-5-2-1-3-6-25)41-30(42-27)24-15-9-21(10-16-24)18-32-28(38)7-4-8-29(39)40/h1-3,5-6,9-16,26-27,30,37H,4,7-8,17-20H2,(H,32,38)(H,39,40). The van der Waals surface area contributed by atoms with Crippen molar-refractivity contribution in [1.82, 2.24) is 25.5 Å². The molecule has 0 aliphatic carbocycles. The van der Waals surface area contributed by atoms with Crippen molar-refractivity contribution in [2.45, 2.75) is 62.5 Å². The fourth-order valence-corrected chi connectivity index (χ4v) is 5.58. The molecule has 3 N–H and O–H groups in total. The number of carboxylic acids is 1. The van der Waals surface area contributed by atoms with Crippen LogP contribution in [0.3, 0.4) is 0 Å². The number of carbonyl (C=O) groups excluding carboxylic acids is 1. The van der Waals surface area contributed by atoms with Gasteiger partial charge in [-0.25, -0.2) is 0 Å². The Kier molecular flexibility index (Phi) is 10.5. The Bertz CT molecular complexity index is 1480. The van der Waals surface area contributed by atoms with Crippen molar-refractivity contribution in [2.24, 2.45) is 0 Å². The van der Waals surface area contributed by atoms with Crippen LogP contribution in [0.1, 0.15) is 60.3 Å². The molecule has 1 amide bonds. The third-order valence-electron chi connectivity index (χ3n) is 6.99. The molecule has 4 aromatic rings. The number of tetrazole rings is 1. The summed E-state index contributed by atoms with van der Waals surface area (Å²) in [4.78, 5) is 22.7. The first-order valence-corrected chi connectivity index (χ1v) is 15.0. The molecule has 3 atom stereocenters. The molecule has 1 aromatic heterocycles. The van der Waals surface area contributed by atoms with E-state index in [0.717, 1.165) is 27.9 Å². The molecule has 3 unspecified atom stereocenters. The molecule has 5 rings (SSSR count). The highest BCUT2D eigenvalue weighted by molar-refractivity contribution is 7.99. The molecule has 0 bridgehead atoms. The lowest BCUT2D eigenvalue weighted by Crippen LogP contribution is -2.31. The number of aliphatic hydroxyl groups excluding tert-OH is 1. The van der Waals surface area contributed by atoms with Crippen LogP contribution in [0.4, 0.5) is 0 Å². The highest BCUT2D eigenvalue weighted by Gasteiger charge is 2.32. The van der Waals surface area contributed by atoms with Gasteiger partial charge in [-0.3, -0.25) is 9.59 Å². The number of hydrogen-bond acceptors (Lipinski definition) is 9. The summed E-state index contributed by atoms with van der Waals surface area (Å²) in [7, 11) is 0. The summed E-state index contributed by atoms with van der Waals surface area (Å²) >= 11 is 1.51. The van der Waals surface area contributed by atoms with Gasteiger partial charge in [0.25, 0.3) is 0 Å². The van der Waals surface area contributed by atoms with Crippen LogP contribution in [0.15, 0.2) is 84.0 Å². The van der Waals surface area contributed by atoms with Crippen molar-refractivity contribution in [3.8, 4) is 5.69 Å². The van der Waals surface area contributed by atoms with Crippen LogP contribution in [0.2, 0.25) is 0 Å². The molecule has 1 aliphatic rings. The van der Waals surface area contributed by atoms with Crippen LogP contribution < -0.4 is 5.32 Å².